The number of halogens is 1. The molecule has 0 aliphatic rings. The third-order valence-electron chi connectivity index (χ3n) is 2.08. The normalized spacial score (nSPS) is 10.8. The number of fused-ring (bicyclic) bond motifs is 1. The van der Waals surface area contributed by atoms with Gasteiger partial charge in [0.05, 0.1) is 6.61 Å². The number of hydrogen-bond acceptors (Lipinski definition) is 2. The van der Waals surface area contributed by atoms with Crippen LogP contribution in [-0.2, 0) is 0 Å². The first-order valence-corrected chi connectivity index (χ1v) is 6.44. The first-order chi connectivity index (χ1) is 6.74. The highest BCUT2D eigenvalue weighted by Crippen LogP contribution is 2.37. The van der Waals surface area contributed by atoms with Crippen molar-refractivity contribution in [3.8, 4) is 5.75 Å². The number of aryl methyl sites for hydroxylation is 1. The molecule has 14 heavy (non-hydrogen) atoms. The molecule has 0 fully saturated rings. The molecule has 0 saturated carbocycles. The minimum absolute atomic E-state index is 0.726. The van der Waals surface area contributed by atoms with E-state index in [0.29, 0.717) is 0 Å². The molecule has 0 aliphatic carbocycles. The molecule has 1 heterocycles. The van der Waals surface area contributed by atoms with E-state index in [0.717, 1.165) is 12.4 Å². The molecule has 0 unspecified atom stereocenters. The van der Waals surface area contributed by atoms with Gasteiger partial charge in [-0.2, -0.15) is 0 Å². The van der Waals surface area contributed by atoms with E-state index in [9.17, 15) is 0 Å². The Labute approximate surface area is 101 Å². The van der Waals surface area contributed by atoms with Gasteiger partial charge >= 0.3 is 0 Å². The van der Waals surface area contributed by atoms with Crippen molar-refractivity contribution in [2.75, 3.05) is 6.61 Å². The van der Waals surface area contributed by atoms with Crippen molar-refractivity contribution in [3.05, 3.63) is 26.6 Å². The van der Waals surface area contributed by atoms with E-state index >= 15 is 0 Å². The zero-order valence-corrected chi connectivity index (χ0v) is 11.1. The number of benzene rings is 1. The van der Waals surface area contributed by atoms with Crippen LogP contribution in [-0.4, -0.2) is 6.61 Å². The fraction of sp³-hybridized carbons (Fsp3) is 0.273. The van der Waals surface area contributed by atoms with Gasteiger partial charge in [0.25, 0.3) is 0 Å². The van der Waals surface area contributed by atoms with Crippen LogP contribution in [0.1, 0.15) is 11.8 Å². The predicted octanol–water partition coefficient (Wildman–Crippen LogP) is 4.21. The zero-order valence-electron chi connectivity index (χ0n) is 8.13. The first kappa shape index (κ1) is 10.2. The minimum Gasteiger partial charge on any atom is -0.493 e. The molecule has 0 bridgehead atoms. The lowest BCUT2D eigenvalue weighted by atomic mass is 10.2. The molecule has 1 nitrogen and oxygen atoms in total. The first-order valence-electron chi connectivity index (χ1n) is 4.54. The summed E-state index contributed by atoms with van der Waals surface area (Å²) in [6.45, 7) is 4.90. The third-order valence-corrected chi connectivity index (χ3v) is 4.86. The van der Waals surface area contributed by atoms with E-state index in [1.807, 2.05) is 24.3 Å². The largest absolute Gasteiger partial charge is 0.493 e. The average Bonchev–Trinajstić information content (AvgIpc) is 2.45. The summed E-state index contributed by atoms with van der Waals surface area (Å²) in [6.07, 6.45) is 0. The zero-order chi connectivity index (χ0) is 10.1. The van der Waals surface area contributed by atoms with Gasteiger partial charge in [-0.15, -0.1) is 11.3 Å². The van der Waals surface area contributed by atoms with Gasteiger partial charge < -0.3 is 4.74 Å². The quantitative estimate of drug-likeness (QED) is 0.754. The standard InChI is InChI=1S/C11H11IOS/c1-3-13-8-5-4-6-9-10(8)11(12)7(2)14-9/h4-6H,3H2,1-2H3. The summed E-state index contributed by atoms with van der Waals surface area (Å²) in [5, 5.41) is 1.28. The summed E-state index contributed by atoms with van der Waals surface area (Å²) in [7, 11) is 0. The second kappa shape index (κ2) is 4.06. The van der Waals surface area contributed by atoms with Crippen LogP contribution in [0.2, 0.25) is 0 Å². The van der Waals surface area contributed by atoms with Gasteiger partial charge in [0.2, 0.25) is 0 Å². The number of thiophene rings is 1. The fourth-order valence-corrected chi connectivity index (χ4v) is 3.52. The van der Waals surface area contributed by atoms with Crippen LogP contribution in [0.15, 0.2) is 18.2 Å². The fourth-order valence-electron chi connectivity index (χ4n) is 1.47. The van der Waals surface area contributed by atoms with Crippen LogP contribution < -0.4 is 4.74 Å². The predicted molar refractivity (Wildman–Crippen MR) is 70.4 cm³/mol. The Morgan fingerprint density at radius 3 is 2.93 bits per heavy atom. The molecular formula is C11H11IOS. The highest BCUT2D eigenvalue weighted by Gasteiger charge is 2.10. The van der Waals surface area contributed by atoms with Gasteiger partial charge in [0, 0.05) is 18.5 Å². The van der Waals surface area contributed by atoms with Crippen molar-refractivity contribution in [1.82, 2.24) is 0 Å². The Bertz CT molecular complexity index is 462. The minimum atomic E-state index is 0.726. The van der Waals surface area contributed by atoms with Crippen LogP contribution in [0.4, 0.5) is 0 Å². The smallest absolute Gasteiger partial charge is 0.129 e. The van der Waals surface area contributed by atoms with Crippen molar-refractivity contribution in [3.63, 3.8) is 0 Å². The van der Waals surface area contributed by atoms with Crippen LogP contribution >= 0.6 is 33.9 Å². The Hall–Kier alpha value is -0.290. The highest BCUT2D eigenvalue weighted by molar-refractivity contribution is 14.1. The molecule has 0 atom stereocenters. The molecule has 2 rings (SSSR count). The van der Waals surface area contributed by atoms with E-state index in [1.165, 1.54) is 18.5 Å². The highest BCUT2D eigenvalue weighted by atomic mass is 127. The van der Waals surface area contributed by atoms with E-state index in [2.05, 4.69) is 41.6 Å². The summed E-state index contributed by atoms with van der Waals surface area (Å²) >= 11 is 4.22. The summed E-state index contributed by atoms with van der Waals surface area (Å²) < 4.78 is 8.26. The molecule has 0 N–H and O–H groups in total. The average molecular weight is 318 g/mol. The number of ether oxygens (including phenoxy) is 1. The molecule has 0 radical (unpaired) electrons. The lowest BCUT2D eigenvalue weighted by Crippen LogP contribution is -1.91. The molecule has 1 aromatic carbocycles. The van der Waals surface area contributed by atoms with E-state index in [1.54, 1.807) is 0 Å². The molecule has 0 aliphatic heterocycles. The second-order valence-corrected chi connectivity index (χ2v) is 5.37. The van der Waals surface area contributed by atoms with Crippen LogP contribution in [0.5, 0.6) is 5.75 Å². The van der Waals surface area contributed by atoms with E-state index in [-0.39, 0.29) is 0 Å². The molecule has 0 saturated heterocycles. The van der Waals surface area contributed by atoms with Crippen molar-refractivity contribution < 1.29 is 4.74 Å². The summed E-state index contributed by atoms with van der Waals surface area (Å²) in [5.41, 5.74) is 0. The molecule has 0 amide bonds. The summed E-state index contributed by atoms with van der Waals surface area (Å²) in [5.74, 6) is 1.01. The number of hydrogen-bond donors (Lipinski definition) is 0. The van der Waals surface area contributed by atoms with Gasteiger partial charge in [0.15, 0.2) is 0 Å². The Morgan fingerprint density at radius 1 is 1.43 bits per heavy atom. The van der Waals surface area contributed by atoms with Crippen molar-refractivity contribution in [1.29, 1.82) is 0 Å². The third kappa shape index (κ3) is 1.63. The van der Waals surface area contributed by atoms with Gasteiger partial charge in [-0.3, -0.25) is 0 Å². The second-order valence-electron chi connectivity index (χ2n) is 3.03. The molecular weight excluding hydrogens is 307 g/mol. The molecule has 2 aromatic rings. The monoisotopic (exact) mass is 318 g/mol. The maximum absolute atomic E-state index is 5.62. The van der Waals surface area contributed by atoms with Crippen LogP contribution in [0, 0.1) is 10.5 Å². The SMILES string of the molecule is CCOc1cccc2sc(C)c(I)c12. The van der Waals surface area contributed by atoms with Gasteiger partial charge in [-0.1, -0.05) is 6.07 Å². The maximum Gasteiger partial charge on any atom is 0.129 e. The molecule has 0 spiro atoms. The van der Waals surface area contributed by atoms with Gasteiger partial charge in [-0.05, 0) is 48.6 Å². The lowest BCUT2D eigenvalue weighted by molar-refractivity contribution is 0.344. The molecule has 3 heteroatoms. The number of rotatable bonds is 2. The Balaban J connectivity index is 2.71. The Kier molecular flexibility index (Phi) is 2.97. The van der Waals surface area contributed by atoms with Crippen molar-refractivity contribution in [2.45, 2.75) is 13.8 Å². The van der Waals surface area contributed by atoms with E-state index < -0.39 is 0 Å². The van der Waals surface area contributed by atoms with Crippen LogP contribution in [0.25, 0.3) is 10.1 Å². The van der Waals surface area contributed by atoms with Crippen molar-refractivity contribution in [2.24, 2.45) is 0 Å². The summed E-state index contributed by atoms with van der Waals surface area (Å²) in [4.78, 5) is 1.37. The molecule has 1 aromatic heterocycles. The van der Waals surface area contributed by atoms with Gasteiger partial charge in [-0.25, -0.2) is 0 Å². The van der Waals surface area contributed by atoms with Crippen molar-refractivity contribution >= 4 is 44.0 Å². The summed E-state index contributed by atoms with van der Waals surface area (Å²) in [6, 6.07) is 6.25. The Morgan fingerprint density at radius 2 is 2.21 bits per heavy atom. The van der Waals surface area contributed by atoms with E-state index in [4.69, 9.17) is 4.74 Å². The maximum atomic E-state index is 5.62. The van der Waals surface area contributed by atoms with Crippen LogP contribution in [0.3, 0.4) is 0 Å². The topological polar surface area (TPSA) is 9.23 Å². The molecule has 74 valence electrons. The van der Waals surface area contributed by atoms with Gasteiger partial charge in [0.1, 0.15) is 5.75 Å². The lowest BCUT2D eigenvalue weighted by Gasteiger charge is -2.04.